The van der Waals surface area contributed by atoms with E-state index in [0.717, 1.165) is 6.92 Å². The van der Waals surface area contributed by atoms with Gasteiger partial charge in [0.15, 0.2) is 24.0 Å². The van der Waals surface area contributed by atoms with Crippen molar-refractivity contribution >= 4 is 79.3 Å². The summed E-state index contributed by atoms with van der Waals surface area (Å²) in [5.74, 6) is -12.4. The molecule has 101 heavy (non-hydrogen) atoms. The van der Waals surface area contributed by atoms with Crippen molar-refractivity contribution < 1.29 is 96.9 Å². The van der Waals surface area contributed by atoms with Crippen molar-refractivity contribution in [2.24, 2.45) is 34.0 Å². The molecule has 20 N–H and O–H groups in total. The molecule has 14 atom stereocenters. The number of benzene rings is 2. The number of amides is 10. The van der Waals surface area contributed by atoms with Gasteiger partial charge in [-0.15, -0.1) is 0 Å². The number of primary amides is 1. The molecule has 35 heteroatoms. The summed E-state index contributed by atoms with van der Waals surface area (Å²) in [6, 6.07) is -0.347. The van der Waals surface area contributed by atoms with Gasteiger partial charge in [0.05, 0.1) is 45.1 Å². The van der Waals surface area contributed by atoms with E-state index < -0.39 is 177 Å². The van der Waals surface area contributed by atoms with Gasteiger partial charge in [0.1, 0.15) is 66.4 Å². The highest BCUT2D eigenvalue weighted by Gasteiger charge is 2.41. The van der Waals surface area contributed by atoms with Gasteiger partial charge in [0, 0.05) is 21.7 Å². The molecule has 0 bridgehead atoms. The van der Waals surface area contributed by atoms with Crippen molar-refractivity contribution in [3.8, 4) is 5.75 Å². The molecule has 2 aromatic rings. The average Bonchev–Trinajstić information content (AvgIpc) is 0.881. The maximum absolute atomic E-state index is 14.4. The highest BCUT2D eigenvalue weighted by molar-refractivity contribution is 6.76. The summed E-state index contributed by atoms with van der Waals surface area (Å²) in [6.45, 7) is 22.0. The lowest BCUT2D eigenvalue weighted by molar-refractivity contribution is -0.147. The third-order valence-electron chi connectivity index (χ3n) is 15.4. The summed E-state index contributed by atoms with van der Waals surface area (Å²) in [6.07, 6.45) is -7.57. The number of nitrogens with zero attached hydrogens (tertiary/aromatic N) is 1. The van der Waals surface area contributed by atoms with E-state index in [1.165, 1.54) is 45.4 Å². The van der Waals surface area contributed by atoms with E-state index in [9.17, 15) is 73.2 Å². The predicted octanol–water partition coefficient (Wildman–Crippen LogP) is -1.94. The minimum absolute atomic E-state index is 0.00946. The minimum atomic E-state index is -2.54. The van der Waals surface area contributed by atoms with Crippen LogP contribution in [0.5, 0.6) is 5.75 Å². The molecule has 0 heterocycles. The summed E-state index contributed by atoms with van der Waals surface area (Å²) >= 11 is 0. The Labute approximate surface area is 590 Å². The van der Waals surface area contributed by atoms with E-state index in [2.05, 4.69) is 59.4 Å². The lowest BCUT2D eigenvalue weighted by Crippen LogP contribution is -2.63. The van der Waals surface area contributed by atoms with E-state index in [-0.39, 0.29) is 68.8 Å². The molecule has 0 spiro atoms. The number of nitrogens with two attached hydrogens (primary N) is 3. The van der Waals surface area contributed by atoms with Gasteiger partial charge in [-0.25, -0.2) is 9.59 Å². The first kappa shape index (κ1) is 87.9. The molecule has 0 aliphatic heterocycles. The second-order valence-corrected chi connectivity index (χ2v) is 32.4. The van der Waals surface area contributed by atoms with Crippen LogP contribution in [0.25, 0.3) is 0 Å². The maximum Gasteiger partial charge on any atom is 0.408 e. The van der Waals surface area contributed by atoms with Crippen molar-refractivity contribution in [1.29, 1.82) is 0 Å². The summed E-state index contributed by atoms with van der Waals surface area (Å²) in [4.78, 5) is 157. The summed E-state index contributed by atoms with van der Waals surface area (Å²) in [7, 11) is 0.910. The van der Waals surface area contributed by atoms with E-state index in [1.807, 2.05) is 25.0 Å². The summed E-state index contributed by atoms with van der Waals surface area (Å²) in [5.41, 5.74) is 16.5. The standard InChI is InChI=1S/C66H108N14O20Si/c1-16-36(4)47(77-56(87)43(23-20-28-70-64(68)69)73-57(88)44(31-35(2)3)74-61(92)51(53(84)38(6)96-11)72-39(7)100-66(8,9)10)60(91)78-48(37(5)82)59(90)71-32-46(83)76-52(54(85)55(67)86)62(93)75-45(33-81)58(89)79-49(41-24-26-42(97-12)27-25-41)50(63(94)98-29-30-101(13,14)15)80-65(95)99-34-40-21-18-17-19-22-40/h17-19,21-22,24-27,35-38,43-45,47-54,72,81-82,84-85H,7,16,20,23,28-34H2,1-6,8-15H3,(H2,67,86)(H,71,90)(H,73,88)(H,74,92)(H,75,93)(H,76,83)(H,77,87)(H,78,91)(H,79,89)(H,80,95)(H4,68,69,70)/t36-,37-,38?,43+,44-,45-,47?,48-,49-,50+,51-,52-,53+,54-/m0/s1. The molecule has 0 saturated heterocycles. The van der Waals surface area contributed by atoms with Crippen LogP contribution in [0.3, 0.4) is 0 Å². The van der Waals surface area contributed by atoms with E-state index in [1.54, 1.807) is 78.8 Å². The number of alkyl carbamates (subject to hydrolysis) is 1. The first-order valence-corrected chi connectivity index (χ1v) is 36.7. The summed E-state index contributed by atoms with van der Waals surface area (Å²) in [5, 5.41) is 68.0. The van der Waals surface area contributed by atoms with Crippen LogP contribution >= 0.6 is 0 Å². The van der Waals surface area contributed by atoms with Gasteiger partial charge in [0.25, 0.3) is 0 Å². The largest absolute Gasteiger partial charge is 0.497 e. The first-order chi connectivity index (χ1) is 47.2. The quantitative estimate of drug-likeness (QED) is 0.00857. The van der Waals surface area contributed by atoms with Crippen molar-refractivity contribution in [2.75, 3.05) is 40.5 Å². The molecule has 10 amide bonds. The number of hydrogen-bond acceptors (Lipinski definition) is 22. The molecule has 0 aromatic heterocycles. The van der Waals surface area contributed by atoms with Crippen LogP contribution in [0.2, 0.25) is 25.7 Å². The fourth-order valence-electron chi connectivity index (χ4n) is 9.45. The van der Waals surface area contributed by atoms with Gasteiger partial charge in [-0.3, -0.25) is 48.1 Å². The number of aliphatic hydroxyl groups excluding tert-OH is 4. The lowest BCUT2D eigenvalue weighted by Gasteiger charge is -2.32. The molecule has 2 aromatic carbocycles. The van der Waals surface area contributed by atoms with Gasteiger partial charge >= 0.3 is 12.1 Å². The molecule has 0 fully saturated rings. The molecule has 34 nitrogen and oxygen atoms in total. The number of methoxy groups -OCH3 is 2. The highest BCUT2D eigenvalue weighted by Crippen LogP contribution is 2.24. The van der Waals surface area contributed by atoms with Crippen molar-refractivity contribution in [3.05, 3.63) is 78.2 Å². The third-order valence-corrected chi connectivity index (χ3v) is 17.1. The van der Waals surface area contributed by atoms with Crippen LogP contribution in [-0.4, -0.2) is 219 Å². The number of hydrogen-bond donors (Lipinski definition) is 17. The zero-order valence-corrected chi connectivity index (χ0v) is 61.1. The van der Waals surface area contributed by atoms with E-state index in [4.69, 9.17) is 40.9 Å². The van der Waals surface area contributed by atoms with Gasteiger partial charge in [-0.1, -0.05) is 96.2 Å². The zero-order valence-electron chi connectivity index (χ0n) is 60.1. The maximum atomic E-state index is 14.4. The Kier molecular flexibility index (Phi) is 37.3. The van der Waals surface area contributed by atoms with Crippen LogP contribution in [0.15, 0.2) is 72.1 Å². The number of esters is 1. The normalized spacial score (nSPS) is 15.6. The van der Waals surface area contributed by atoms with E-state index >= 15 is 0 Å². The Bertz CT molecular complexity index is 3090. The molecular formula is C66H108N14O20Si. The number of aliphatic imine (C=N–C) groups is 1. The number of ether oxygens (including phenoxy) is 5. The highest BCUT2D eigenvalue weighted by atomic mass is 28.3. The van der Waals surface area contributed by atoms with E-state index in [0.29, 0.717) is 17.4 Å². The average molecular weight is 1450 g/mol. The number of carbonyl (C=O) groups is 11. The molecule has 0 saturated carbocycles. The second-order valence-electron chi connectivity index (χ2n) is 26.8. The van der Waals surface area contributed by atoms with Crippen LogP contribution in [0, 0.1) is 11.8 Å². The molecule has 566 valence electrons. The van der Waals surface area contributed by atoms with Gasteiger partial charge in [0.2, 0.25) is 53.2 Å². The molecule has 0 radical (unpaired) electrons. The summed E-state index contributed by atoms with van der Waals surface area (Å²) < 4.78 is 27.4. The molecule has 2 rings (SSSR count). The molecular weight excluding hydrogens is 1340 g/mol. The van der Waals surface area contributed by atoms with Crippen LogP contribution in [0.1, 0.15) is 105 Å². The SMILES string of the molecule is C=C(N[C@H](C(=O)N[C@@H](CC(C)C)C(=O)N[C@H](CCCN=C(N)N)C(=O)NC(C(=O)N[C@H](C(=O)NCC(=O)N[C@H](C(=O)N[C@@H](CO)C(=O)N[C@@H](c1ccc(OC)cc1)[C@@H](NC(=O)OCc1ccccc1)C(=O)OCC[Si](C)(C)C)[C@H](O)C(N)=O)[C@H](C)O)[C@@H](C)CC)[C@H](O)C(C)OC)OC(C)(C)C. The number of nitrogens with one attached hydrogen (secondary N) is 10. The van der Waals surface area contributed by atoms with Gasteiger partial charge < -0.3 is 114 Å². The van der Waals surface area contributed by atoms with Crippen molar-refractivity contribution in [3.63, 3.8) is 0 Å². The Morgan fingerprint density at radius 3 is 1.74 bits per heavy atom. The molecule has 0 aliphatic rings. The Morgan fingerprint density at radius 1 is 0.644 bits per heavy atom. The van der Waals surface area contributed by atoms with Crippen molar-refractivity contribution in [1.82, 2.24) is 53.2 Å². The van der Waals surface area contributed by atoms with Crippen LogP contribution in [-0.2, 0) is 73.5 Å². The monoisotopic (exact) mass is 1440 g/mol. The fourth-order valence-corrected chi connectivity index (χ4v) is 10.2. The minimum Gasteiger partial charge on any atom is -0.497 e. The molecule has 0 aliphatic carbocycles. The lowest BCUT2D eigenvalue weighted by atomic mass is 9.96. The Morgan fingerprint density at radius 2 is 1.21 bits per heavy atom. The zero-order chi connectivity index (χ0) is 76.6. The predicted molar refractivity (Wildman–Crippen MR) is 373 cm³/mol. The number of aliphatic hydroxyl groups is 4. The Balaban J connectivity index is 2.45. The number of guanidine groups is 1. The van der Waals surface area contributed by atoms with Crippen LogP contribution < -0.4 is 75.1 Å². The van der Waals surface area contributed by atoms with Crippen molar-refractivity contribution in [2.45, 2.75) is 205 Å². The second kappa shape index (κ2) is 42.8. The Hall–Kier alpha value is -9.16. The number of carbonyl (C=O) groups excluding carboxylic acids is 11. The topological polar surface area (TPSA) is 526 Å². The number of rotatable bonds is 44. The van der Waals surface area contributed by atoms with Gasteiger partial charge in [-0.2, -0.15) is 0 Å². The fraction of sp³-hybridized carbons (Fsp3) is 0.606. The third kappa shape index (κ3) is 31.9. The van der Waals surface area contributed by atoms with Gasteiger partial charge in [-0.05, 0) is 102 Å². The smallest absolute Gasteiger partial charge is 0.408 e. The van der Waals surface area contributed by atoms with Crippen LogP contribution in [0.4, 0.5) is 4.79 Å². The molecule has 2 unspecified atom stereocenters. The first-order valence-electron chi connectivity index (χ1n) is 33.0.